The minimum absolute atomic E-state index is 0.198. The molecule has 2 aromatic carbocycles. The Morgan fingerprint density at radius 3 is 2.53 bits per heavy atom. The first-order valence-corrected chi connectivity index (χ1v) is 10.9. The van der Waals surface area contributed by atoms with E-state index < -0.39 is 37.3 Å². The molecular weight excluding hydrogens is 448 g/mol. The van der Waals surface area contributed by atoms with Gasteiger partial charge < -0.3 is 43.8 Å². The van der Waals surface area contributed by atoms with E-state index in [9.17, 15) is 25.2 Å². The predicted octanol–water partition coefficient (Wildman–Crippen LogP) is 0.800. The van der Waals surface area contributed by atoms with E-state index in [0.717, 1.165) is 6.42 Å². The zero-order valence-corrected chi connectivity index (χ0v) is 18.0. The monoisotopic (exact) mass is 472 g/mol. The van der Waals surface area contributed by atoms with Gasteiger partial charge in [0.2, 0.25) is 6.29 Å². The molecule has 10 heteroatoms. The van der Waals surface area contributed by atoms with Gasteiger partial charge in [-0.1, -0.05) is 6.07 Å². The fourth-order valence-corrected chi connectivity index (χ4v) is 4.01. The van der Waals surface area contributed by atoms with Gasteiger partial charge >= 0.3 is 0 Å². The maximum atomic E-state index is 13.2. The van der Waals surface area contributed by atoms with Crippen LogP contribution >= 0.6 is 0 Å². The highest BCUT2D eigenvalue weighted by Crippen LogP contribution is 2.34. The summed E-state index contributed by atoms with van der Waals surface area (Å²) in [5.41, 5.74) is 0.965. The summed E-state index contributed by atoms with van der Waals surface area (Å²) in [5, 5.41) is 39.6. The van der Waals surface area contributed by atoms with Crippen molar-refractivity contribution in [1.82, 2.24) is 0 Å². The van der Waals surface area contributed by atoms with Gasteiger partial charge in [0, 0.05) is 12.5 Å². The third kappa shape index (κ3) is 4.10. The quantitative estimate of drug-likeness (QED) is 0.430. The largest absolute Gasteiger partial charge is 0.490 e. The molecule has 1 saturated heterocycles. The molecule has 10 nitrogen and oxygen atoms in total. The van der Waals surface area contributed by atoms with Crippen LogP contribution < -0.4 is 19.6 Å². The zero-order valence-electron chi connectivity index (χ0n) is 18.0. The van der Waals surface area contributed by atoms with E-state index in [1.54, 1.807) is 18.2 Å². The van der Waals surface area contributed by atoms with Crippen LogP contribution in [0.25, 0.3) is 22.1 Å². The molecule has 0 unspecified atom stereocenters. The van der Waals surface area contributed by atoms with Crippen molar-refractivity contribution < 1.29 is 43.8 Å². The smallest absolute Gasteiger partial charge is 0.229 e. The fraction of sp³-hybridized carbons (Fsp3) is 0.375. The van der Waals surface area contributed by atoms with E-state index in [0.29, 0.717) is 41.2 Å². The summed E-state index contributed by atoms with van der Waals surface area (Å²) in [6.07, 6.45) is -4.93. The van der Waals surface area contributed by atoms with Crippen molar-refractivity contribution in [3.8, 4) is 28.4 Å². The average molecular weight is 472 g/mol. The molecule has 0 radical (unpaired) electrons. The molecule has 34 heavy (non-hydrogen) atoms. The van der Waals surface area contributed by atoms with Gasteiger partial charge in [-0.2, -0.15) is 0 Å². The predicted molar refractivity (Wildman–Crippen MR) is 118 cm³/mol. The van der Waals surface area contributed by atoms with Crippen LogP contribution in [0.15, 0.2) is 51.9 Å². The van der Waals surface area contributed by atoms with E-state index >= 15 is 0 Å². The van der Waals surface area contributed by atoms with Crippen molar-refractivity contribution in [2.75, 3.05) is 19.8 Å². The zero-order chi connectivity index (χ0) is 23.8. The van der Waals surface area contributed by atoms with Crippen molar-refractivity contribution in [3.05, 3.63) is 52.9 Å². The molecule has 1 fully saturated rings. The molecule has 3 heterocycles. The van der Waals surface area contributed by atoms with Crippen LogP contribution in [0.5, 0.6) is 17.2 Å². The molecule has 2 aliphatic rings. The number of aliphatic hydroxyl groups is 4. The molecule has 5 rings (SSSR count). The molecule has 0 saturated carbocycles. The average Bonchev–Trinajstić information content (AvgIpc) is 3.09. The lowest BCUT2D eigenvalue weighted by Gasteiger charge is -2.39. The van der Waals surface area contributed by atoms with Gasteiger partial charge in [0.05, 0.1) is 30.8 Å². The first-order valence-electron chi connectivity index (χ1n) is 10.9. The summed E-state index contributed by atoms with van der Waals surface area (Å²) < 4.78 is 28.0. The van der Waals surface area contributed by atoms with Gasteiger partial charge in [-0.3, -0.25) is 4.79 Å². The van der Waals surface area contributed by atoms with Crippen LogP contribution in [0.2, 0.25) is 0 Å². The van der Waals surface area contributed by atoms with Gasteiger partial charge in [0.1, 0.15) is 42.0 Å². The summed E-state index contributed by atoms with van der Waals surface area (Å²) in [5.74, 6) is 1.39. The number of rotatable bonds is 4. The van der Waals surface area contributed by atoms with Gasteiger partial charge in [-0.25, -0.2) is 0 Å². The molecule has 180 valence electrons. The molecule has 0 bridgehead atoms. The molecular formula is C24H24O10. The Bertz CT molecular complexity index is 1240. The molecule has 1 aromatic heterocycles. The number of hydrogen-bond donors (Lipinski definition) is 4. The Kier molecular flexibility index (Phi) is 6.15. The number of fused-ring (bicyclic) bond motifs is 2. The normalized spacial score (nSPS) is 26.8. The SMILES string of the molecule is O=c1c(-c2ccc3c(c2)OCCCO3)coc2cc(O[C@@H]3O[C@H](CO)[C@@H](O)[C@H](O)[C@H]3O)ccc12. The molecule has 0 amide bonds. The van der Waals surface area contributed by atoms with E-state index in [-0.39, 0.29) is 16.8 Å². The summed E-state index contributed by atoms with van der Waals surface area (Å²) in [6, 6.07) is 9.75. The van der Waals surface area contributed by atoms with Crippen molar-refractivity contribution in [3.63, 3.8) is 0 Å². The highest BCUT2D eigenvalue weighted by Gasteiger charge is 2.44. The molecule has 0 aliphatic carbocycles. The van der Waals surface area contributed by atoms with Gasteiger partial charge in [-0.05, 0) is 29.8 Å². The molecule has 3 aromatic rings. The third-order valence-electron chi connectivity index (χ3n) is 5.91. The second-order valence-corrected chi connectivity index (χ2v) is 8.16. The van der Waals surface area contributed by atoms with Crippen molar-refractivity contribution in [2.45, 2.75) is 37.1 Å². The molecule has 2 aliphatic heterocycles. The minimum atomic E-state index is -1.56. The van der Waals surface area contributed by atoms with E-state index in [4.69, 9.17) is 23.4 Å². The highest BCUT2D eigenvalue weighted by atomic mass is 16.7. The Labute approximate surface area is 193 Å². The second-order valence-electron chi connectivity index (χ2n) is 8.16. The van der Waals surface area contributed by atoms with E-state index in [1.165, 1.54) is 24.5 Å². The summed E-state index contributed by atoms with van der Waals surface area (Å²) in [4.78, 5) is 13.2. The van der Waals surface area contributed by atoms with Crippen LogP contribution in [0.1, 0.15) is 6.42 Å². The molecule has 4 N–H and O–H groups in total. The van der Waals surface area contributed by atoms with Crippen molar-refractivity contribution in [1.29, 1.82) is 0 Å². The third-order valence-corrected chi connectivity index (χ3v) is 5.91. The van der Waals surface area contributed by atoms with Gasteiger partial charge in [-0.15, -0.1) is 0 Å². The number of benzene rings is 2. The maximum absolute atomic E-state index is 13.2. The second kappa shape index (κ2) is 9.24. The fourth-order valence-electron chi connectivity index (χ4n) is 4.01. The Hall–Kier alpha value is -3.15. The highest BCUT2D eigenvalue weighted by molar-refractivity contribution is 5.83. The van der Waals surface area contributed by atoms with Crippen molar-refractivity contribution >= 4 is 11.0 Å². The van der Waals surface area contributed by atoms with Gasteiger partial charge in [0.25, 0.3) is 0 Å². The first-order chi connectivity index (χ1) is 16.5. The Morgan fingerprint density at radius 2 is 1.74 bits per heavy atom. The topological polar surface area (TPSA) is 148 Å². The van der Waals surface area contributed by atoms with Crippen molar-refractivity contribution in [2.24, 2.45) is 0 Å². The Morgan fingerprint density at radius 1 is 0.941 bits per heavy atom. The van der Waals surface area contributed by atoms with Crippen LogP contribution in [-0.2, 0) is 4.74 Å². The van der Waals surface area contributed by atoms with Crippen LogP contribution in [-0.4, -0.2) is 71.0 Å². The molecule has 5 atom stereocenters. The maximum Gasteiger partial charge on any atom is 0.229 e. The lowest BCUT2D eigenvalue weighted by atomic mass is 9.99. The van der Waals surface area contributed by atoms with Gasteiger partial charge in [0.15, 0.2) is 16.9 Å². The summed E-state index contributed by atoms with van der Waals surface area (Å²) in [7, 11) is 0. The van der Waals surface area contributed by atoms with E-state index in [2.05, 4.69) is 0 Å². The van der Waals surface area contributed by atoms with Crippen LogP contribution in [0.3, 0.4) is 0 Å². The summed E-state index contributed by atoms with van der Waals surface area (Å²) >= 11 is 0. The lowest BCUT2D eigenvalue weighted by Crippen LogP contribution is -2.60. The van der Waals surface area contributed by atoms with E-state index in [1.807, 2.05) is 0 Å². The van der Waals surface area contributed by atoms with Crippen LogP contribution in [0, 0.1) is 0 Å². The first kappa shape index (κ1) is 22.6. The Balaban J connectivity index is 1.42. The number of ether oxygens (including phenoxy) is 4. The number of aliphatic hydroxyl groups excluding tert-OH is 4. The number of hydrogen-bond acceptors (Lipinski definition) is 10. The minimum Gasteiger partial charge on any atom is -0.490 e. The summed E-state index contributed by atoms with van der Waals surface area (Å²) in [6.45, 7) is 0.526. The lowest BCUT2D eigenvalue weighted by molar-refractivity contribution is -0.277. The standard InChI is InChI=1S/C24H24O10/c25-10-19-21(27)22(28)23(29)24(34-19)33-13-3-4-14-17(9-13)32-11-15(20(14)26)12-2-5-16-18(8-12)31-7-1-6-30-16/h2-5,8-9,11,19,21-25,27-29H,1,6-7,10H2/t19-,21-,22+,23-,24-/m1/s1. The molecule has 0 spiro atoms. The van der Waals surface area contributed by atoms with Crippen LogP contribution in [0.4, 0.5) is 0 Å².